The predicted octanol–water partition coefficient (Wildman–Crippen LogP) is 3.55. The Morgan fingerprint density at radius 3 is 2.41 bits per heavy atom. The number of aliphatic hydroxyl groups excluding tert-OH is 1. The zero-order chi connectivity index (χ0) is 23.1. The van der Waals surface area contributed by atoms with E-state index in [1.165, 1.54) is 28.6 Å². The number of fused-ring (bicyclic) bond motifs is 1. The Kier molecular flexibility index (Phi) is 5.87. The summed E-state index contributed by atoms with van der Waals surface area (Å²) < 4.78 is 71.9. The summed E-state index contributed by atoms with van der Waals surface area (Å²) in [5.74, 6) is 0. The van der Waals surface area contributed by atoms with Crippen molar-refractivity contribution in [3.63, 3.8) is 0 Å². The summed E-state index contributed by atoms with van der Waals surface area (Å²) in [5.41, 5.74) is -1.03. The van der Waals surface area contributed by atoms with Gasteiger partial charge in [-0.25, -0.2) is 13.2 Å². The van der Waals surface area contributed by atoms with Crippen molar-refractivity contribution in [3.05, 3.63) is 75.6 Å². The van der Waals surface area contributed by atoms with Gasteiger partial charge in [-0.1, -0.05) is 18.2 Å². The molecule has 1 aliphatic rings. The molecule has 0 amide bonds. The first-order chi connectivity index (χ1) is 15.1. The lowest BCUT2D eigenvalue weighted by Gasteiger charge is -2.22. The minimum atomic E-state index is -4.70. The van der Waals surface area contributed by atoms with Crippen LogP contribution in [0, 0.1) is 0 Å². The van der Waals surface area contributed by atoms with E-state index in [-0.39, 0.29) is 28.9 Å². The molecular weight excluding hydrogens is 447 g/mol. The van der Waals surface area contributed by atoms with Crippen LogP contribution in [-0.2, 0) is 22.6 Å². The van der Waals surface area contributed by atoms with E-state index in [1.807, 2.05) is 0 Å². The second-order valence-corrected chi connectivity index (χ2v) is 9.61. The number of halogens is 3. The van der Waals surface area contributed by atoms with Crippen molar-refractivity contribution in [1.82, 2.24) is 4.31 Å². The number of benzene rings is 2. The van der Waals surface area contributed by atoms with Crippen molar-refractivity contribution in [1.29, 1.82) is 0 Å². The Hall–Kier alpha value is -2.69. The molecule has 2 aromatic carbocycles. The minimum Gasteiger partial charge on any atom is -0.423 e. The molecule has 0 bridgehead atoms. The zero-order valence-corrected chi connectivity index (χ0v) is 17.6. The van der Waals surface area contributed by atoms with Gasteiger partial charge in [0.2, 0.25) is 10.0 Å². The summed E-state index contributed by atoms with van der Waals surface area (Å²) in [6, 6.07) is 10.3. The summed E-state index contributed by atoms with van der Waals surface area (Å²) in [7, 11) is -3.74. The average molecular weight is 467 g/mol. The molecule has 170 valence electrons. The summed E-state index contributed by atoms with van der Waals surface area (Å²) in [5, 5.41) is 9.20. The topological polar surface area (TPSA) is 87.8 Å². The number of alkyl halides is 3. The fraction of sp³-hybridized carbons (Fsp3) is 0.318. The van der Waals surface area contributed by atoms with Gasteiger partial charge in [0.25, 0.3) is 0 Å². The van der Waals surface area contributed by atoms with Crippen LogP contribution < -0.4 is 5.63 Å². The first kappa shape index (κ1) is 22.5. The van der Waals surface area contributed by atoms with E-state index in [4.69, 9.17) is 4.42 Å². The second-order valence-electron chi connectivity index (χ2n) is 7.72. The Bertz CT molecular complexity index is 1300. The smallest absolute Gasteiger partial charge is 0.417 e. The van der Waals surface area contributed by atoms with Crippen LogP contribution in [0.15, 0.2) is 62.6 Å². The van der Waals surface area contributed by atoms with Gasteiger partial charge in [0.1, 0.15) is 5.58 Å². The number of hydrogen-bond acceptors (Lipinski definition) is 5. The second kappa shape index (κ2) is 8.34. The van der Waals surface area contributed by atoms with Gasteiger partial charge >= 0.3 is 11.8 Å². The van der Waals surface area contributed by atoms with Gasteiger partial charge in [-0.05, 0) is 54.7 Å². The van der Waals surface area contributed by atoms with Crippen LogP contribution in [0.5, 0.6) is 0 Å². The lowest BCUT2D eigenvalue weighted by atomic mass is 10.0. The Morgan fingerprint density at radius 2 is 1.75 bits per heavy atom. The summed E-state index contributed by atoms with van der Waals surface area (Å²) >= 11 is 0. The fourth-order valence-electron chi connectivity index (χ4n) is 4.01. The van der Waals surface area contributed by atoms with Crippen molar-refractivity contribution in [2.24, 2.45) is 0 Å². The molecule has 4 rings (SSSR count). The molecule has 1 unspecified atom stereocenters. The predicted molar refractivity (Wildman–Crippen MR) is 111 cm³/mol. The normalized spacial score (nSPS) is 17.8. The molecule has 1 atom stereocenters. The molecule has 0 saturated carbocycles. The van der Waals surface area contributed by atoms with Crippen LogP contribution in [0.3, 0.4) is 0 Å². The molecule has 32 heavy (non-hydrogen) atoms. The highest BCUT2D eigenvalue weighted by Crippen LogP contribution is 2.34. The number of nitrogens with zero attached hydrogens (tertiary/aromatic N) is 1. The van der Waals surface area contributed by atoms with Crippen LogP contribution in [0.25, 0.3) is 11.0 Å². The van der Waals surface area contributed by atoms with Gasteiger partial charge in [0, 0.05) is 24.0 Å². The molecule has 1 N–H and O–H groups in total. The molecule has 10 heteroatoms. The van der Waals surface area contributed by atoms with E-state index >= 15 is 0 Å². The molecule has 0 aliphatic carbocycles. The average Bonchev–Trinajstić information content (AvgIpc) is 3.23. The largest absolute Gasteiger partial charge is 0.423 e. The first-order valence-electron chi connectivity index (χ1n) is 9.95. The quantitative estimate of drug-likeness (QED) is 0.580. The number of rotatable bonds is 5. The van der Waals surface area contributed by atoms with E-state index in [0.29, 0.717) is 36.6 Å². The van der Waals surface area contributed by atoms with Crippen LogP contribution in [0.1, 0.15) is 29.5 Å². The molecule has 6 nitrogen and oxygen atoms in total. The van der Waals surface area contributed by atoms with E-state index in [2.05, 4.69) is 0 Å². The van der Waals surface area contributed by atoms with Crippen molar-refractivity contribution in [3.8, 4) is 0 Å². The molecular formula is C22H20F3NO5S. The zero-order valence-electron chi connectivity index (χ0n) is 16.8. The third-order valence-corrected chi connectivity index (χ3v) is 7.55. The van der Waals surface area contributed by atoms with E-state index < -0.39 is 33.4 Å². The molecule has 1 saturated heterocycles. The van der Waals surface area contributed by atoms with Crippen LogP contribution in [0.4, 0.5) is 13.2 Å². The summed E-state index contributed by atoms with van der Waals surface area (Å²) in [4.78, 5) is 11.5. The van der Waals surface area contributed by atoms with Gasteiger partial charge < -0.3 is 9.52 Å². The van der Waals surface area contributed by atoms with Crippen LogP contribution in [0.2, 0.25) is 0 Å². The monoisotopic (exact) mass is 467 g/mol. The van der Waals surface area contributed by atoms with Crippen LogP contribution >= 0.6 is 0 Å². The molecule has 2 heterocycles. The SMILES string of the molecule is O=c1cc(C(F)(F)F)c2cc(Cc3ccc(S(=O)(=O)N4CCCC4CO)cc3)ccc2o1. The van der Waals surface area contributed by atoms with Crippen molar-refractivity contribution >= 4 is 21.0 Å². The summed E-state index contributed by atoms with van der Waals surface area (Å²) in [6.07, 6.45) is -3.15. The number of aliphatic hydroxyl groups is 1. The third-order valence-electron chi connectivity index (χ3n) is 5.58. The number of hydrogen-bond donors (Lipinski definition) is 1. The van der Waals surface area contributed by atoms with Gasteiger partial charge in [-0.3, -0.25) is 0 Å². The highest BCUT2D eigenvalue weighted by Gasteiger charge is 2.35. The fourth-order valence-corrected chi connectivity index (χ4v) is 5.70. The lowest BCUT2D eigenvalue weighted by Crippen LogP contribution is -2.37. The third kappa shape index (κ3) is 4.30. The standard InChI is InChI=1S/C22H20F3NO5S/c23-22(24,25)19-12-21(28)31-20-8-5-15(11-18(19)20)10-14-3-6-17(7-4-14)32(29,30)26-9-1-2-16(26)13-27/h3-8,11-12,16,27H,1-2,9-10,13H2. The first-order valence-corrected chi connectivity index (χ1v) is 11.4. The molecule has 1 fully saturated rings. The van der Waals surface area contributed by atoms with Gasteiger partial charge in [0.15, 0.2) is 0 Å². The minimum absolute atomic E-state index is 0.0984. The van der Waals surface area contributed by atoms with Gasteiger partial charge in [-0.2, -0.15) is 17.5 Å². The molecule has 1 aliphatic heterocycles. The van der Waals surface area contributed by atoms with Crippen LogP contribution in [-0.4, -0.2) is 37.0 Å². The van der Waals surface area contributed by atoms with E-state index in [1.54, 1.807) is 18.2 Å². The summed E-state index contributed by atoms with van der Waals surface area (Å²) in [6.45, 7) is 0.114. The molecule has 0 radical (unpaired) electrons. The van der Waals surface area contributed by atoms with Gasteiger partial charge in [0.05, 0.1) is 17.1 Å². The maximum atomic E-state index is 13.3. The number of sulfonamides is 1. The maximum absolute atomic E-state index is 13.3. The maximum Gasteiger partial charge on any atom is 0.417 e. The van der Waals surface area contributed by atoms with Crippen molar-refractivity contribution in [2.75, 3.05) is 13.2 Å². The van der Waals surface area contributed by atoms with E-state index in [0.717, 1.165) is 0 Å². The van der Waals surface area contributed by atoms with Crippen molar-refractivity contribution in [2.45, 2.75) is 36.4 Å². The van der Waals surface area contributed by atoms with Crippen molar-refractivity contribution < 1.29 is 31.1 Å². The van der Waals surface area contributed by atoms with Gasteiger partial charge in [-0.15, -0.1) is 0 Å². The highest BCUT2D eigenvalue weighted by atomic mass is 32.2. The molecule has 3 aromatic rings. The Balaban J connectivity index is 1.61. The molecule has 1 aromatic heterocycles. The Morgan fingerprint density at radius 1 is 1.06 bits per heavy atom. The highest BCUT2D eigenvalue weighted by molar-refractivity contribution is 7.89. The lowest BCUT2D eigenvalue weighted by molar-refractivity contribution is -0.136. The molecule has 0 spiro atoms. The van der Waals surface area contributed by atoms with E-state index in [9.17, 15) is 31.5 Å². The Labute approximate surface area is 181 Å².